The van der Waals surface area contributed by atoms with Gasteiger partial charge in [-0.1, -0.05) is 43.0 Å². The summed E-state index contributed by atoms with van der Waals surface area (Å²) in [5, 5.41) is 15.0. The Morgan fingerprint density at radius 1 is 1.00 bits per heavy atom. The Morgan fingerprint density at radius 2 is 1.79 bits per heavy atom. The number of nitrogens with one attached hydrogen (secondary N) is 1. The van der Waals surface area contributed by atoms with E-state index >= 15 is 0 Å². The molecule has 2 aromatic carbocycles. The molecule has 6 rings (SSSR count). The van der Waals surface area contributed by atoms with Crippen LogP contribution in [0, 0.1) is 13.8 Å². The first-order chi connectivity index (χ1) is 18.5. The van der Waals surface area contributed by atoms with Crippen LogP contribution in [0.1, 0.15) is 66.7 Å². The van der Waals surface area contributed by atoms with E-state index in [1.807, 2.05) is 28.9 Å². The summed E-state index contributed by atoms with van der Waals surface area (Å²) in [6, 6.07) is 14.2. The minimum Gasteiger partial charge on any atom is -0.369 e. The lowest BCUT2D eigenvalue weighted by Gasteiger charge is -2.40. The van der Waals surface area contributed by atoms with Gasteiger partial charge in [-0.2, -0.15) is 0 Å². The summed E-state index contributed by atoms with van der Waals surface area (Å²) in [7, 11) is 0. The zero-order valence-corrected chi connectivity index (χ0v) is 22.8. The van der Waals surface area contributed by atoms with Crippen LogP contribution >= 0.6 is 11.6 Å². The Morgan fingerprint density at radius 3 is 2.55 bits per heavy atom. The molecule has 1 unspecified atom stereocenters. The second-order valence-corrected chi connectivity index (χ2v) is 11.2. The topological polar surface area (TPSA) is 82.9 Å². The van der Waals surface area contributed by atoms with Gasteiger partial charge in [-0.3, -0.25) is 9.69 Å². The highest BCUT2D eigenvalue weighted by molar-refractivity contribution is 6.30. The highest BCUT2D eigenvalue weighted by atomic mass is 35.5. The second-order valence-electron chi connectivity index (χ2n) is 10.8. The van der Waals surface area contributed by atoms with E-state index in [1.54, 1.807) is 0 Å². The number of hydrogen-bond donors (Lipinski definition) is 1. The molecule has 1 aliphatic carbocycles. The van der Waals surface area contributed by atoms with Crippen molar-refractivity contribution >= 4 is 28.2 Å². The average Bonchev–Trinajstić information content (AvgIpc) is 3.40. The maximum atomic E-state index is 13.7. The van der Waals surface area contributed by atoms with Crippen molar-refractivity contribution in [2.75, 3.05) is 31.1 Å². The molecule has 2 aromatic heterocycles. The number of H-pyrrole nitrogens is 1. The number of aromatic amines is 1. The van der Waals surface area contributed by atoms with Gasteiger partial charge in [0.2, 0.25) is 0 Å². The van der Waals surface area contributed by atoms with Crippen molar-refractivity contribution in [3.8, 4) is 0 Å². The lowest BCUT2D eigenvalue weighted by Crippen LogP contribution is -2.49. The first-order valence-electron chi connectivity index (χ1n) is 13.6. The zero-order chi connectivity index (χ0) is 26.2. The SMILES string of the molecule is Cc1cc(C)c2cc(C(c3nnnn3C3CCCCC3)N3CCN(c4cccc(Cl)c4)CC3)c(=O)[nH]c2c1. The molecule has 9 heteroatoms. The molecule has 1 saturated heterocycles. The smallest absolute Gasteiger partial charge is 0.253 e. The molecule has 0 bridgehead atoms. The van der Waals surface area contributed by atoms with Gasteiger partial charge in [0.15, 0.2) is 5.82 Å². The number of halogens is 1. The summed E-state index contributed by atoms with van der Waals surface area (Å²) in [5.74, 6) is 0.766. The normalized spacial score (nSPS) is 18.2. The molecule has 1 N–H and O–H groups in total. The Kier molecular flexibility index (Phi) is 6.93. The van der Waals surface area contributed by atoms with Crippen molar-refractivity contribution in [2.45, 2.75) is 58.0 Å². The van der Waals surface area contributed by atoms with Gasteiger partial charge in [-0.15, -0.1) is 5.10 Å². The quantitative estimate of drug-likeness (QED) is 0.381. The summed E-state index contributed by atoms with van der Waals surface area (Å²) in [6.07, 6.45) is 5.76. The highest BCUT2D eigenvalue weighted by Crippen LogP contribution is 2.34. The van der Waals surface area contributed by atoms with Crippen LogP contribution in [0.5, 0.6) is 0 Å². The van der Waals surface area contributed by atoms with Gasteiger partial charge in [-0.25, -0.2) is 4.68 Å². The van der Waals surface area contributed by atoms with E-state index in [2.05, 4.69) is 62.4 Å². The molecule has 8 nitrogen and oxygen atoms in total. The first-order valence-corrected chi connectivity index (χ1v) is 14.0. The maximum Gasteiger partial charge on any atom is 0.253 e. The Balaban J connectivity index is 1.40. The van der Waals surface area contributed by atoms with Gasteiger partial charge in [0.1, 0.15) is 6.04 Å². The van der Waals surface area contributed by atoms with Gasteiger partial charge in [0.05, 0.1) is 6.04 Å². The molecule has 0 amide bonds. The molecule has 0 radical (unpaired) electrons. The van der Waals surface area contributed by atoms with Gasteiger partial charge in [0.25, 0.3) is 5.56 Å². The van der Waals surface area contributed by atoms with Crippen LogP contribution in [-0.4, -0.2) is 56.3 Å². The van der Waals surface area contributed by atoms with Crippen LogP contribution in [0.4, 0.5) is 5.69 Å². The number of anilines is 1. The molecule has 1 atom stereocenters. The van der Waals surface area contributed by atoms with Crippen LogP contribution in [0.25, 0.3) is 10.9 Å². The van der Waals surface area contributed by atoms with Crippen LogP contribution in [0.3, 0.4) is 0 Å². The number of aromatic nitrogens is 5. The van der Waals surface area contributed by atoms with E-state index in [0.29, 0.717) is 5.56 Å². The van der Waals surface area contributed by atoms with Gasteiger partial charge in [-0.05, 0) is 78.6 Å². The number of rotatable bonds is 5. The van der Waals surface area contributed by atoms with Crippen LogP contribution in [-0.2, 0) is 0 Å². The van der Waals surface area contributed by atoms with Gasteiger partial charge >= 0.3 is 0 Å². The molecule has 1 aliphatic heterocycles. The number of nitrogens with zero attached hydrogens (tertiary/aromatic N) is 6. The van der Waals surface area contributed by atoms with E-state index in [1.165, 1.54) is 19.3 Å². The third kappa shape index (κ3) is 4.83. The molecule has 38 heavy (non-hydrogen) atoms. The van der Waals surface area contributed by atoms with Crippen molar-refractivity contribution < 1.29 is 0 Å². The lowest BCUT2D eigenvalue weighted by atomic mass is 9.94. The van der Waals surface area contributed by atoms with Crippen molar-refractivity contribution in [1.82, 2.24) is 30.1 Å². The van der Waals surface area contributed by atoms with Crippen LogP contribution in [0.2, 0.25) is 5.02 Å². The van der Waals surface area contributed by atoms with Crippen molar-refractivity contribution in [3.63, 3.8) is 0 Å². The fourth-order valence-electron chi connectivity index (χ4n) is 6.27. The van der Waals surface area contributed by atoms with Crippen molar-refractivity contribution in [2.24, 2.45) is 0 Å². The van der Waals surface area contributed by atoms with Gasteiger partial charge < -0.3 is 9.88 Å². The fourth-order valence-corrected chi connectivity index (χ4v) is 6.45. The molecule has 198 valence electrons. The molecule has 4 aromatic rings. The number of tetrazole rings is 1. The van der Waals surface area contributed by atoms with E-state index in [0.717, 1.165) is 77.6 Å². The number of hydrogen-bond acceptors (Lipinski definition) is 6. The van der Waals surface area contributed by atoms with E-state index in [-0.39, 0.29) is 17.6 Å². The predicted molar refractivity (Wildman–Crippen MR) is 151 cm³/mol. The Labute approximate surface area is 227 Å². The second kappa shape index (κ2) is 10.5. The molecule has 2 aliphatic rings. The largest absolute Gasteiger partial charge is 0.369 e. The summed E-state index contributed by atoms with van der Waals surface area (Å²) < 4.78 is 2.01. The number of pyridine rings is 1. The maximum absolute atomic E-state index is 13.7. The minimum absolute atomic E-state index is 0.0806. The molecular weight excluding hydrogens is 498 g/mol. The Bertz CT molecular complexity index is 1500. The molecule has 1 saturated carbocycles. The number of benzene rings is 2. The third-order valence-corrected chi connectivity index (χ3v) is 8.41. The number of fused-ring (bicyclic) bond motifs is 1. The van der Waals surface area contributed by atoms with Crippen molar-refractivity contribution in [1.29, 1.82) is 0 Å². The summed E-state index contributed by atoms with van der Waals surface area (Å²) in [5.41, 5.74) is 4.89. The molecule has 0 spiro atoms. The van der Waals surface area contributed by atoms with Crippen LogP contribution in [0.15, 0.2) is 47.3 Å². The molecule has 3 heterocycles. The van der Waals surface area contributed by atoms with Crippen molar-refractivity contribution in [3.05, 3.63) is 80.4 Å². The predicted octanol–water partition coefficient (Wildman–Crippen LogP) is 5.20. The van der Waals surface area contributed by atoms with E-state index in [4.69, 9.17) is 11.6 Å². The summed E-state index contributed by atoms with van der Waals surface area (Å²) in [4.78, 5) is 21.6. The van der Waals surface area contributed by atoms with E-state index < -0.39 is 0 Å². The molecule has 2 fully saturated rings. The van der Waals surface area contributed by atoms with Crippen LogP contribution < -0.4 is 10.5 Å². The first kappa shape index (κ1) is 25.1. The van der Waals surface area contributed by atoms with Gasteiger partial charge in [0, 0.05) is 53.4 Å². The summed E-state index contributed by atoms with van der Waals surface area (Å²) in [6.45, 7) is 7.36. The minimum atomic E-state index is -0.331. The summed E-state index contributed by atoms with van der Waals surface area (Å²) >= 11 is 6.27. The lowest BCUT2D eigenvalue weighted by molar-refractivity contribution is 0.192. The molecular formula is C29H34ClN7O. The standard InChI is InChI=1S/C29H34ClN7O/c1-19-15-20(2)24-18-25(29(38)31-26(24)16-19)27(28-32-33-34-37(28)22-8-4-3-5-9-22)36-13-11-35(12-14-36)23-10-6-7-21(30)17-23/h6-7,10,15-18,22,27H,3-5,8-9,11-14H2,1-2H3,(H,31,38). The number of piperazine rings is 1. The number of aryl methyl sites for hydroxylation is 2. The third-order valence-electron chi connectivity index (χ3n) is 8.17. The van der Waals surface area contributed by atoms with E-state index in [9.17, 15) is 4.79 Å². The highest BCUT2D eigenvalue weighted by Gasteiger charge is 2.34. The Hall–Kier alpha value is -3.23. The monoisotopic (exact) mass is 531 g/mol. The average molecular weight is 532 g/mol. The fraction of sp³-hybridized carbons (Fsp3) is 0.448. The zero-order valence-electron chi connectivity index (χ0n) is 22.0.